The van der Waals surface area contributed by atoms with E-state index in [0.717, 1.165) is 16.6 Å². The van der Waals surface area contributed by atoms with Crippen LogP contribution in [-0.2, 0) is 11.3 Å². The molecule has 1 N–H and O–H groups in total. The van der Waals surface area contributed by atoms with Gasteiger partial charge in [0.25, 0.3) is 5.91 Å². The van der Waals surface area contributed by atoms with Crippen molar-refractivity contribution >= 4 is 28.3 Å². The minimum atomic E-state index is -0.792. The third-order valence-corrected chi connectivity index (χ3v) is 6.49. The monoisotopic (exact) mass is 496 g/mol. The molecule has 1 atom stereocenters. The molecule has 37 heavy (non-hydrogen) atoms. The zero-order chi connectivity index (χ0) is 26.1. The Morgan fingerprint density at radius 2 is 1.78 bits per heavy atom. The van der Waals surface area contributed by atoms with Gasteiger partial charge in [0.2, 0.25) is 5.78 Å². The standard InChI is InChI=1S/C30H28N2O5/c1-4-36-23-10-7-8-19(16-23)18-32-27(20-12-14-22(15-13-20)31(2)3)26(29(34)30(32)35)28(33)25-17-21-9-5-6-11-24(21)37-25/h5-17,27,34H,4,18H2,1-3H3. The van der Waals surface area contributed by atoms with Gasteiger partial charge in [-0.3, -0.25) is 9.59 Å². The molecule has 7 heteroatoms. The van der Waals surface area contributed by atoms with Crippen molar-refractivity contribution in [1.82, 2.24) is 4.90 Å². The first kappa shape index (κ1) is 24.2. The summed E-state index contributed by atoms with van der Waals surface area (Å²) in [7, 11) is 3.88. The number of ketones is 1. The molecule has 1 amide bonds. The Morgan fingerprint density at radius 3 is 2.49 bits per heavy atom. The number of rotatable bonds is 8. The van der Waals surface area contributed by atoms with Gasteiger partial charge in [0.15, 0.2) is 11.5 Å². The number of carbonyl (C=O) groups is 2. The lowest BCUT2D eigenvalue weighted by Gasteiger charge is -2.27. The van der Waals surface area contributed by atoms with E-state index in [9.17, 15) is 14.7 Å². The van der Waals surface area contributed by atoms with Crippen molar-refractivity contribution in [3.63, 3.8) is 0 Å². The van der Waals surface area contributed by atoms with Crippen LogP contribution < -0.4 is 9.64 Å². The van der Waals surface area contributed by atoms with E-state index in [1.807, 2.05) is 92.6 Å². The number of anilines is 1. The average Bonchev–Trinajstić information content (AvgIpc) is 3.44. The molecule has 0 aliphatic carbocycles. The fourth-order valence-electron chi connectivity index (χ4n) is 4.67. The maximum atomic E-state index is 13.8. The number of benzene rings is 3. The zero-order valence-electron chi connectivity index (χ0n) is 21.0. The molecule has 7 nitrogen and oxygen atoms in total. The minimum Gasteiger partial charge on any atom is -0.503 e. The minimum absolute atomic E-state index is 0.00243. The fourth-order valence-corrected chi connectivity index (χ4v) is 4.67. The highest BCUT2D eigenvalue weighted by atomic mass is 16.5. The lowest BCUT2D eigenvalue weighted by atomic mass is 9.94. The van der Waals surface area contributed by atoms with E-state index < -0.39 is 23.5 Å². The highest BCUT2D eigenvalue weighted by Gasteiger charge is 2.44. The van der Waals surface area contributed by atoms with Crippen LogP contribution in [-0.4, -0.2) is 42.4 Å². The first-order chi connectivity index (χ1) is 17.9. The van der Waals surface area contributed by atoms with Gasteiger partial charge in [-0.05, 0) is 54.4 Å². The Balaban J connectivity index is 1.57. The summed E-state index contributed by atoms with van der Waals surface area (Å²) < 4.78 is 11.4. The largest absolute Gasteiger partial charge is 0.503 e. The third-order valence-electron chi connectivity index (χ3n) is 6.49. The molecule has 0 spiro atoms. The van der Waals surface area contributed by atoms with Crippen LogP contribution in [0.5, 0.6) is 5.75 Å². The number of aliphatic hydroxyl groups is 1. The lowest BCUT2D eigenvalue weighted by molar-refractivity contribution is -0.130. The Hall–Kier alpha value is -4.52. The number of amides is 1. The quantitative estimate of drug-likeness (QED) is 0.316. The van der Waals surface area contributed by atoms with E-state index in [4.69, 9.17) is 9.15 Å². The number of fused-ring (bicyclic) bond motifs is 1. The Labute approximate surface area is 215 Å². The van der Waals surface area contributed by atoms with Crippen LogP contribution >= 0.6 is 0 Å². The molecule has 3 aromatic carbocycles. The Bertz CT molecular complexity index is 1470. The molecule has 0 saturated heterocycles. The molecule has 5 rings (SSSR count). The van der Waals surface area contributed by atoms with Gasteiger partial charge >= 0.3 is 0 Å². The number of para-hydroxylation sites is 1. The molecule has 1 aliphatic rings. The van der Waals surface area contributed by atoms with Crippen LogP contribution in [0.2, 0.25) is 0 Å². The van der Waals surface area contributed by atoms with Gasteiger partial charge in [0.05, 0.1) is 18.2 Å². The van der Waals surface area contributed by atoms with Crippen molar-refractivity contribution in [2.75, 3.05) is 25.6 Å². The zero-order valence-corrected chi connectivity index (χ0v) is 21.0. The maximum Gasteiger partial charge on any atom is 0.290 e. The van der Waals surface area contributed by atoms with Crippen LogP contribution in [0.4, 0.5) is 5.69 Å². The summed E-state index contributed by atoms with van der Waals surface area (Å²) in [6, 6.07) is 23.2. The molecule has 0 radical (unpaired) electrons. The number of aliphatic hydroxyl groups excluding tert-OH is 1. The molecule has 0 saturated carbocycles. The van der Waals surface area contributed by atoms with E-state index >= 15 is 0 Å². The van der Waals surface area contributed by atoms with Crippen molar-refractivity contribution in [2.24, 2.45) is 0 Å². The number of furan rings is 1. The first-order valence-corrected chi connectivity index (χ1v) is 12.1. The molecule has 0 bridgehead atoms. The van der Waals surface area contributed by atoms with Crippen molar-refractivity contribution in [2.45, 2.75) is 19.5 Å². The van der Waals surface area contributed by atoms with Gasteiger partial charge in [0.1, 0.15) is 11.3 Å². The molecule has 4 aromatic rings. The Morgan fingerprint density at radius 1 is 1.03 bits per heavy atom. The molecular weight excluding hydrogens is 468 g/mol. The predicted molar refractivity (Wildman–Crippen MR) is 142 cm³/mol. The summed E-state index contributed by atoms with van der Waals surface area (Å²) in [4.78, 5) is 30.6. The summed E-state index contributed by atoms with van der Waals surface area (Å²) in [5.41, 5.74) is 3.07. The van der Waals surface area contributed by atoms with Crippen LogP contribution in [0, 0.1) is 0 Å². The third kappa shape index (κ3) is 4.56. The predicted octanol–water partition coefficient (Wildman–Crippen LogP) is 5.68. The number of hydrogen-bond donors (Lipinski definition) is 1. The highest BCUT2D eigenvalue weighted by Crippen LogP contribution is 2.41. The van der Waals surface area contributed by atoms with Gasteiger partial charge < -0.3 is 24.1 Å². The fraction of sp³-hybridized carbons (Fsp3) is 0.200. The molecule has 1 aromatic heterocycles. The molecule has 188 valence electrons. The summed E-state index contributed by atoms with van der Waals surface area (Å²) in [6.45, 7) is 2.61. The van der Waals surface area contributed by atoms with Gasteiger partial charge in [-0.2, -0.15) is 0 Å². The van der Waals surface area contributed by atoms with E-state index in [1.165, 1.54) is 4.90 Å². The molecule has 0 fully saturated rings. The second-order valence-corrected chi connectivity index (χ2v) is 9.14. The van der Waals surface area contributed by atoms with Crippen LogP contribution in [0.1, 0.15) is 34.6 Å². The van der Waals surface area contributed by atoms with Crippen molar-refractivity contribution in [3.05, 3.63) is 107 Å². The van der Waals surface area contributed by atoms with E-state index in [0.29, 0.717) is 23.5 Å². The average molecular weight is 497 g/mol. The van der Waals surface area contributed by atoms with Crippen LogP contribution in [0.15, 0.2) is 94.6 Å². The molecule has 1 unspecified atom stereocenters. The van der Waals surface area contributed by atoms with E-state index in [-0.39, 0.29) is 17.9 Å². The number of hydrogen-bond acceptors (Lipinski definition) is 6. The highest BCUT2D eigenvalue weighted by molar-refractivity contribution is 6.16. The van der Waals surface area contributed by atoms with E-state index in [2.05, 4.69) is 0 Å². The SMILES string of the molecule is CCOc1cccc(CN2C(=O)C(O)=C(C(=O)c3cc4ccccc4o3)C2c2ccc(N(C)C)cc2)c1. The molecular formula is C30H28N2O5. The van der Waals surface area contributed by atoms with Crippen molar-refractivity contribution in [1.29, 1.82) is 0 Å². The summed E-state index contributed by atoms with van der Waals surface area (Å²) in [5, 5.41) is 11.8. The molecule has 1 aliphatic heterocycles. The van der Waals surface area contributed by atoms with Crippen LogP contribution in [0.3, 0.4) is 0 Å². The first-order valence-electron chi connectivity index (χ1n) is 12.1. The van der Waals surface area contributed by atoms with Crippen LogP contribution in [0.25, 0.3) is 11.0 Å². The van der Waals surface area contributed by atoms with Crippen molar-refractivity contribution < 1.29 is 23.8 Å². The Kier molecular flexibility index (Phi) is 6.44. The number of nitrogens with zero attached hydrogens (tertiary/aromatic N) is 2. The van der Waals surface area contributed by atoms with Gasteiger partial charge in [-0.25, -0.2) is 0 Å². The lowest BCUT2D eigenvalue weighted by Crippen LogP contribution is -2.30. The summed E-state index contributed by atoms with van der Waals surface area (Å²) >= 11 is 0. The van der Waals surface area contributed by atoms with Gasteiger partial charge in [-0.15, -0.1) is 0 Å². The number of carbonyl (C=O) groups excluding carboxylic acids is 2. The number of Topliss-reactive ketones (excluding diaryl/α,β-unsaturated/α-hetero) is 1. The second kappa shape index (κ2) is 9.85. The van der Waals surface area contributed by atoms with E-state index in [1.54, 1.807) is 12.1 Å². The number of ether oxygens (including phenoxy) is 1. The maximum absolute atomic E-state index is 13.8. The van der Waals surface area contributed by atoms with Gasteiger partial charge in [0, 0.05) is 31.7 Å². The summed E-state index contributed by atoms with van der Waals surface area (Å²) in [6.07, 6.45) is 0. The smallest absolute Gasteiger partial charge is 0.290 e. The second-order valence-electron chi connectivity index (χ2n) is 9.14. The molecule has 2 heterocycles. The normalized spacial score (nSPS) is 15.5. The van der Waals surface area contributed by atoms with Crippen molar-refractivity contribution in [3.8, 4) is 5.75 Å². The summed E-state index contributed by atoms with van der Waals surface area (Å²) in [5.74, 6) is -0.926. The topological polar surface area (TPSA) is 83.2 Å². The van der Waals surface area contributed by atoms with Gasteiger partial charge in [-0.1, -0.05) is 42.5 Å².